The maximum Gasteiger partial charge on any atom is 0.418 e. The third-order valence-electron chi connectivity index (χ3n) is 1.67. The van der Waals surface area contributed by atoms with E-state index >= 15 is 0 Å². The minimum absolute atomic E-state index is 0.310. The first kappa shape index (κ1) is 13.1. The molecule has 0 amide bonds. The summed E-state index contributed by atoms with van der Waals surface area (Å²) in [5, 5.41) is 8.54. The van der Waals surface area contributed by atoms with Gasteiger partial charge >= 0.3 is 6.18 Å². The molecule has 2 nitrogen and oxygen atoms in total. The van der Waals surface area contributed by atoms with Crippen LogP contribution in [0.3, 0.4) is 0 Å². The Morgan fingerprint density at radius 2 is 1.94 bits per heavy atom. The molecule has 0 bridgehead atoms. The Morgan fingerprint density at radius 1 is 1.38 bits per heavy atom. The highest BCUT2D eigenvalue weighted by molar-refractivity contribution is 14.1. The molecule has 16 heavy (non-hydrogen) atoms. The summed E-state index contributed by atoms with van der Waals surface area (Å²) in [6.45, 7) is 0. The summed E-state index contributed by atoms with van der Waals surface area (Å²) in [5.74, 6) is 0. The minimum Gasteiger partial charge on any atom is -0.253 e. The number of aromatic nitrogens is 1. The van der Waals surface area contributed by atoms with Crippen molar-refractivity contribution in [3.63, 3.8) is 0 Å². The molecule has 0 N–H and O–H groups in total. The lowest BCUT2D eigenvalue weighted by atomic mass is 10.1. The number of nitriles is 1. The molecule has 0 saturated heterocycles. The first-order valence-corrected chi connectivity index (χ1v) is 4.80. The van der Waals surface area contributed by atoms with Crippen LogP contribution in [0, 0.1) is 14.9 Å². The molecule has 0 spiro atoms. The molecule has 0 unspecified atom stereocenters. The highest BCUT2D eigenvalue weighted by atomic mass is 127. The van der Waals surface area contributed by atoms with E-state index in [0.29, 0.717) is 6.20 Å². The number of rotatable bonds is 1. The highest BCUT2D eigenvalue weighted by Gasteiger charge is 2.36. The fourth-order valence-electron chi connectivity index (χ4n) is 0.972. The summed E-state index contributed by atoms with van der Waals surface area (Å²) in [7, 11) is 0. The van der Waals surface area contributed by atoms with Crippen molar-refractivity contribution in [1.82, 2.24) is 4.98 Å². The van der Waals surface area contributed by atoms with Crippen LogP contribution in [0.4, 0.5) is 22.0 Å². The summed E-state index contributed by atoms with van der Waals surface area (Å²) in [4.78, 5) is 2.98. The molecule has 0 aliphatic rings. The van der Waals surface area contributed by atoms with Gasteiger partial charge in [0.15, 0.2) is 0 Å². The Hall–Kier alpha value is -0.980. The Bertz CT molecular complexity index is 449. The zero-order chi connectivity index (χ0) is 12.5. The van der Waals surface area contributed by atoms with Crippen molar-refractivity contribution in [3.8, 4) is 6.07 Å². The van der Waals surface area contributed by atoms with Gasteiger partial charge in [-0.2, -0.15) is 18.4 Å². The van der Waals surface area contributed by atoms with Crippen molar-refractivity contribution in [2.24, 2.45) is 0 Å². The normalized spacial score (nSPS) is 11.6. The van der Waals surface area contributed by atoms with Crippen LogP contribution in [-0.4, -0.2) is 4.98 Å². The lowest BCUT2D eigenvalue weighted by Crippen LogP contribution is -2.12. The monoisotopic (exact) mass is 348 g/mol. The van der Waals surface area contributed by atoms with Gasteiger partial charge in [-0.05, 0) is 22.6 Å². The SMILES string of the molecule is N#Cc1c(C(F)F)ncc(C(F)(F)F)c1I. The quantitative estimate of drug-likeness (QED) is 0.575. The summed E-state index contributed by atoms with van der Waals surface area (Å²) >= 11 is 1.21. The predicted octanol–water partition coefficient (Wildman–Crippen LogP) is 3.51. The smallest absolute Gasteiger partial charge is 0.253 e. The second-order valence-corrected chi connectivity index (χ2v) is 3.74. The van der Waals surface area contributed by atoms with E-state index in [-0.39, 0.29) is 0 Å². The molecule has 8 heteroatoms. The van der Waals surface area contributed by atoms with Crippen LogP contribution < -0.4 is 0 Å². The van der Waals surface area contributed by atoms with E-state index in [1.54, 1.807) is 0 Å². The fraction of sp³-hybridized carbons (Fsp3) is 0.250. The van der Waals surface area contributed by atoms with Crippen molar-refractivity contribution >= 4 is 22.6 Å². The second kappa shape index (κ2) is 4.48. The molecule has 0 aliphatic carbocycles. The number of nitrogens with zero attached hydrogens (tertiary/aromatic N) is 2. The van der Waals surface area contributed by atoms with E-state index in [1.165, 1.54) is 28.7 Å². The molecule has 1 aromatic heterocycles. The maximum atomic E-state index is 12.4. The van der Waals surface area contributed by atoms with Crippen LogP contribution >= 0.6 is 22.6 Å². The van der Waals surface area contributed by atoms with Gasteiger partial charge in [-0.15, -0.1) is 0 Å². The standard InChI is InChI=1S/C8H2F5IN2/c9-7(10)6-3(1-15)5(14)4(2-16-6)8(11,12)13/h2,7H. The lowest BCUT2D eigenvalue weighted by molar-refractivity contribution is -0.138. The fourth-order valence-corrected chi connectivity index (χ4v) is 1.81. The van der Waals surface area contributed by atoms with Gasteiger partial charge in [0.05, 0.1) is 11.1 Å². The van der Waals surface area contributed by atoms with E-state index in [2.05, 4.69) is 4.98 Å². The van der Waals surface area contributed by atoms with Gasteiger partial charge in [-0.3, -0.25) is 4.98 Å². The van der Waals surface area contributed by atoms with Crippen LogP contribution in [-0.2, 0) is 6.18 Å². The van der Waals surface area contributed by atoms with Crippen LogP contribution in [0.1, 0.15) is 23.2 Å². The Kier molecular flexibility index (Phi) is 3.67. The molecule has 0 atom stereocenters. The molecule has 0 aliphatic heterocycles. The molecular weight excluding hydrogens is 346 g/mol. The Morgan fingerprint density at radius 3 is 2.31 bits per heavy atom. The van der Waals surface area contributed by atoms with Gasteiger partial charge in [-0.25, -0.2) is 8.78 Å². The topological polar surface area (TPSA) is 36.7 Å². The van der Waals surface area contributed by atoms with Gasteiger partial charge in [-0.1, -0.05) is 0 Å². The first-order chi connectivity index (χ1) is 7.29. The number of halogens is 6. The third kappa shape index (κ3) is 2.40. The molecule has 0 aromatic carbocycles. The summed E-state index contributed by atoms with van der Waals surface area (Å²) < 4.78 is 61.2. The molecular formula is C8H2F5IN2. The lowest BCUT2D eigenvalue weighted by Gasteiger charge is -2.11. The summed E-state index contributed by atoms with van der Waals surface area (Å²) in [6, 6.07) is 1.31. The van der Waals surface area contributed by atoms with Gasteiger partial charge in [0, 0.05) is 9.77 Å². The van der Waals surface area contributed by atoms with Gasteiger partial charge < -0.3 is 0 Å². The van der Waals surface area contributed by atoms with Crippen LogP contribution in [0.25, 0.3) is 0 Å². The summed E-state index contributed by atoms with van der Waals surface area (Å²) in [5.41, 5.74) is -2.85. The average molecular weight is 348 g/mol. The van der Waals surface area contributed by atoms with E-state index in [9.17, 15) is 22.0 Å². The largest absolute Gasteiger partial charge is 0.418 e. The van der Waals surface area contributed by atoms with E-state index in [0.717, 1.165) is 0 Å². The van der Waals surface area contributed by atoms with Crippen LogP contribution in [0.5, 0.6) is 0 Å². The number of hydrogen-bond donors (Lipinski definition) is 0. The van der Waals surface area contributed by atoms with Gasteiger partial charge in [0.1, 0.15) is 11.8 Å². The zero-order valence-electron chi connectivity index (χ0n) is 7.32. The molecule has 1 heterocycles. The zero-order valence-corrected chi connectivity index (χ0v) is 9.47. The average Bonchev–Trinajstić information content (AvgIpc) is 2.14. The Labute approximate surface area is 100 Å². The molecule has 1 rings (SSSR count). The van der Waals surface area contributed by atoms with E-state index in [4.69, 9.17) is 5.26 Å². The number of hydrogen-bond acceptors (Lipinski definition) is 2. The van der Waals surface area contributed by atoms with Gasteiger partial charge in [0.2, 0.25) is 0 Å². The molecule has 1 aromatic rings. The van der Waals surface area contributed by atoms with Crippen molar-refractivity contribution in [3.05, 3.63) is 26.6 Å². The van der Waals surface area contributed by atoms with Crippen molar-refractivity contribution in [1.29, 1.82) is 5.26 Å². The van der Waals surface area contributed by atoms with E-state index in [1.807, 2.05) is 0 Å². The minimum atomic E-state index is -4.71. The summed E-state index contributed by atoms with van der Waals surface area (Å²) in [6.07, 6.45) is -7.48. The van der Waals surface area contributed by atoms with E-state index < -0.39 is 33.0 Å². The molecule has 0 radical (unpaired) electrons. The molecule has 0 saturated carbocycles. The molecule has 0 fully saturated rings. The van der Waals surface area contributed by atoms with Crippen molar-refractivity contribution in [2.45, 2.75) is 12.6 Å². The number of pyridine rings is 1. The van der Waals surface area contributed by atoms with Crippen molar-refractivity contribution < 1.29 is 22.0 Å². The van der Waals surface area contributed by atoms with Crippen LogP contribution in [0.2, 0.25) is 0 Å². The Balaban J connectivity index is 3.49. The van der Waals surface area contributed by atoms with Crippen LogP contribution in [0.15, 0.2) is 6.20 Å². The molecule has 86 valence electrons. The first-order valence-electron chi connectivity index (χ1n) is 3.73. The third-order valence-corrected chi connectivity index (χ3v) is 2.79. The highest BCUT2D eigenvalue weighted by Crippen LogP contribution is 2.35. The number of alkyl halides is 5. The van der Waals surface area contributed by atoms with Gasteiger partial charge in [0.25, 0.3) is 6.43 Å². The predicted molar refractivity (Wildman–Crippen MR) is 51.6 cm³/mol. The maximum absolute atomic E-state index is 12.4. The van der Waals surface area contributed by atoms with Crippen molar-refractivity contribution in [2.75, 3.05) is 0 Å². The second-order valence-electron chi connectivity index (χ2n) is 2.66.